The molecule has 0 radical (unpaired) electrons. The van der Waals surface area contributed by atoms with Gasteiger partial charge in [-0.2, -0.15) is 0 Å². The number of carbonyl (C=O) groups excluding carboxylic acids is 1. The van der Waals surface area contributed by atoms with E-state index in [-0.39, 0.29) is 24.7 Å². The van der Waals surface area contributed by atoms with Crippen LogP contribution in [0.5, 0.6) is 5.75 Å². The SMILES string of the molecule is COCCN1CCC(C(=O)N2CCCN(CCOc3ccc(F)cc3)CC2)C1.O=CO.O=CO. The number of carboxylic acid groups (broad SMARTS) is 2. The molecule has 0 saturated carbocycles. The smallest absolute Gasteiger partial charge is 0.290 e. The number of carbonyl (C=O) groups is 3. The van der Waals surface area contributed by atoms with E-state index >= 15 is 0 Å². The van der Waals surface area contributed by atoms with E-state index in [0.29, 0.717) is 18.3 Å². The Bertz CT molecular complexity index is 702. The maximum Gasteiger partial charge on any atom is 0.290 e. The summed E-state index contributed by atoms with van der Waals surface area (Å²) in [5, 5.41) is 13.8. The summed E-state index contributed by atoms with van der Waals surface area (Å²) in [7, 11) is 1.71. The van der Waals surface area contributed by atoms with Crippen LogP contribution in [0.4, 0.5) is 4.39 Å². The molecule has 1 amide bonds. The summed E-state index contributed by atoms with van der Waals surface area (Å²) in [5.41, 5.74) is 0. The molecule has 2 aliphatic rings. The van der Waals surface area contributed by atoms with Crippen LogP contribution in [0.15, 0.2) is 24.3 Å². The Balaban J connectivity index is 0.000000872. The third kappa shape index (κ3) is 11.4. The van der Waals surface area contributed by atoms with Gasteiger partial charge in [0.2, 0.25) is 5.91 Å². The minimum absolute atomic E-state index is 0.130. The Morgan fingerprint density at radius 3 is 2.29 bits per heavy atom. The first-order chi connectivity index (χ1) is 16.5. The van der Waals surface area contributed by atoms with Crippen molar-refractivity contribution in [2.45, 2.75) is 12.8 Å². The van der Waals surface area contributed by atoms with Crippen molar-refractivity contribution < 1.29 is 38.5 Å². The second-order valence-electron chi connectivity index (χ2n) is 7.81. The molecule has 34 heavy (non-hydrogen) atoms. The van der Waals surface area contributed by atoms with E-state index in [1.807, 2.05) is 4.90 Å². The molecule has 0 bridgehead atoms. The quantitative estimate of drug-likeness (QED) is 0.522. The molecule has 3 rings (SSSR count). The molecule has 1 unspecified atom stereocenters. The highest BCUT2D eigenvalue weighted by atomic mass is 19.1. The van der Waals surface area contributed by atoms with Gasteiger partial charge in [0.05, 0.1) is 12.5 Å². The van der Waals surface area contributed by atoms with Crippen molar-refractivity contribution in [3.05, 3.63) is 30.1 Å². The number of benzene rings is 1. The van der Waals surface area contributed by atoms with Gasteiger partial charge in [-0.25, -0.2) is 4.39 Å². The summed E-state index contributed by atoms with van der Waals surface area (Å²) < 4.78 is 23.8. The fourth-order valence-electron chi connectivity index (χ4n) is 3.95. The molecule has 0 aromatic heterocycles. The van der Waals surface area contributed by atoms with E-state index in [1.165, 1.54) is 12.1 Å². The summed E-state index contributed by atoms with van der Waals surface area (Å²) in [6, 6.07) is 6.11. The number of methoxy groups -OCH3 is 1. The van der Waals surface area contributed by atoms with Crippen LogP contribution in [0.2, 0.25) is 0 Å². The van der Waals surface area contributed by atoms with Gasteiger partial charge < -0.3 is 29.5 Å². The zero-order valence-corrected chi connectivity index (χ0v) is 19.7. The lowest BCUT2D eigenvalue weighted by molar-refractivity contribution is -0.135. The maximum atomic E-state index is 12.9. The molecule has 11 heteroatoms. The number of nitrogens with zero attached hydrogens (tertiary/aromatic N) is 3. The van der Waals surface area contributed by atoms with Crippen molar-refractivity contribution in [3.8, 4) is 5.75 Å². The molecule has 2 fully saturated rings. The van der Waals surface area contributed by atoms with Gasteiger partial charge in [-0.15, -0.1) is 0 Å². The first-order valence-corrected chi connectivity index (χ1v) is 11.3. The van der Waals surface area contributed by atoms with Crippen molar-refractivity contribution in [2.75, 3.05) is 72.7 Å². The van der Waals surface area contributed by atoms with Crippen LogP contribution in [0.3, 0.4) is 0 Å². The monoisotopic (exact) mass is 485 g/mol. The molecule has 0 spiro atoms. The lowest BCUT2D eigenvalue weighted by Crippen LogP contribution is -2.40. The third-order valence-electron chi connectivity index (χ3n) is 5.62. The number of amides is 1. The number of hydrogen-bond donors (Lipinski definition) is 2. The van der Waals surface area contributed by atoms with E-state index in [0.717, 1.165) is 71.8 Å². The summed E-state index contributed by atoms with van der Waals surface area (Å²) >= 11 is 0. The second kappa shape index (κ2) is 17.7. The Morgan fingerprint density at radius 2 is 1.65 bits per heavy atom. The average molecular weight is 486 g/mol. The summed E-state index contributed by atoms with van der Waals surface area (Å²) in [6.45, 7) is 7.81. The van der Waals surface area contributed by atoms with Crippen LogP contribution in [0.1, 0.15) is 12.8 Å². The molecule has 2 N–H and O–H groups in total. The molecule has 1 aromatic rings. The largest absolute Gasteiger partial charge is 0.492 e. The molecular weight excluding hydrogens is 449 g/mol. The van der Waals surface area contributed by atoms with Gasteiger partial charge in [0, 0.05) is 52.9 Å². The van der Waals surface area contributed by atoms with Gasteiger partial charge in [-0.05, 0) is 43.7 Å². The highest BCUT2D eigenvalue weighted by Gasteiger charge is 2.31. The lowest BCUT2D eigenvalue weighted by Gasteiger charge is -2.25. The summed E-state index contributed by atoms with van der Waals surface area (Å²) in [4.78, 5) is 36.3. The van der Waals surface area contributed by atoms with Gasteiger partial charge >= 0.3 is 0 Å². The van der Waals surface area contributed by atoms with E-state index in [1.54, 1.807) is 19.2 Å². The number of halogens is 1. The maximum absolute atomic E-state index is 12.9. The minimum atomic E-state index is -0.256. The summed E-state index contributed by atoms with van der Waals surface area (Å²) in [5.74, 6) is 0.871. The zero-order valence-electron chi connectivity index (χ0n) is 19.7. The Hall–Kier alpha value is -2.76. The standard InChI is InChI=1S/C21H32FN3O3.2CH2O2/c1-27-15-13-24-10-7-18(17-24)21(26)25-9-2-8-23(11-12-25)14-16-28-20-5-3-19(22)4-6-20;2*2-1-3/h3-6,18H,2,7-17H2,1H3;2*1H,(H,2,3). The molecule has 0 aliphatic carbocycles. The Morgan fingerprint density at radius 1 is 1.00 bits per heavy atom. The van der Waals surface area contributed by atoms with Crippen LogP contribution in [0.25, 0.3) is 0 Å². The molecule has 1 aromatic carbocycles. The molecule has 2 saturated heterocycles. The molecular formula is C23H36FN3O7. The molecule has 2 heterocycles. The van der Waals surface area contributed by atoms with Gasteiger partial charge in [-0.3, -0.25) is 19.3 Å². The highest BCUT2D eigenvalue weighted by Crippen LogP contribution is 2.19. The van der Waals surface area contributed by atoms with Gasteiger partial charge in [0.1, 0.15) is 18.2 Å². The van der Waals surface area contributed by atoms with Crippen LogP contribution in [0, 0.1) is 11.7 Å². The number of rotatable bonds is 8. The fraction of sp³-hybridized carbons (Fsp3) is 0.609. The van der Waals surface area contributed by atoms with Crippen LogP contribution >= 0.6 is 0 Å². The predicted molar refractivity (Wildman–Crippen MR) is 123 cm³/mol. The third-order valence-corrected chi connectivity index (χ3v) is 5.62. The average Bonchev–Trinajstić information content (AvgIpc) is 3.18. The van der Waals surface area contributed by atoms with Crippen molar-refractivity contribution >= 4 is 18.9 Å². The van der Waals surface area contributed by atoms with E-state index in [9.17, 15) is 9.18 Å². The highest BCUT2D eigenvalue weighted by molar-refractivity contribution is 5.79. The second-order valence-corrected chi connectivity index (χ2v) is 7.81. The number of likely N-dealkylation sites (tertiary alicyclic amines) is 1. The summed E-state index contributed by atoms with van der Waals surface area (Å²) in [6.07, 6.45) is 1.94. The normalized spacial score (nSPS) is 18.5. The predicted octanol–water partition coefficient (Wildman–Crippen LogP) is 1.11. The molecule has 2 aliphatic heterocycles. The van der Waals surface area contributed by atoms with E-state index < -0.39 is 0 Å². The molecule has 1 atom stereocenters. The Kier molecular flexibility index (Phi) is 15.2. The van der Waals surface area contributed by atoms with Crippen molar-refractivity contribution in [1.29, 1.82) is 0 Å². The minimum Gasteiger partial charge on any atom is -0.492 e. The fourth-order valence-corrected chi connectivity index (χ4v) is 3.95. The van der Waals surface area contributed by atoms with Gasteiger partial charge in [0.25, 0.3) is 12.9 Å². The van der Waals surface area contributed by atoms with Crippen LogP contribution in [-0.4, -0.2) is 116 Å². The van der Waals surface area contributed by atoms with E-state index in [2.05, 4.69) is 9.80 Å². The molecule has 192 valence electrons. The van der Waals surface area contributed by atoms with Crippen LogP contribution in [-0.2, 0) is 19.1 Å². The zero-order chi connectivity index (χ0) is 25.2. The lowest BCUT2D eigenvalue weighted by atomic mass is 10.1. The topological polar surface area (TPSA) is 120 Å². The molecule has 10 nitrogen and oxygen atoms in total. The van der Waals surface area contributed by atoms with E-state index in [4.69, 9.17) is 29.3 Å². The van der Waals surface area contributed by atoms with Crippen molar-refractivity contribution in [1.82, 2.24) is 14.7 Å². The first kappa shape index (κ1) is 29.3. The number of ether oxygens (including phenoxy) is 2. The van der Waals surface area contributed by atoms with Crippen molar-refractivity contribution in [2.24, 2.45) is 5.92 Å². The van der Waals surface area contributed by atoms with Gasteiger partial charge in [0.15, 0.2) is 0 Å². The van der Waals surface area contributed by atoms with Crippen molar-refractivity contribution in [3.63, 3.8) is 0 Å². The number of hydrogen-bond acceptors (Lipinski definition) is 7. The first-order valence-electron chi connectivity index (χ1n) is 11.3. The van der Waals surface area contributed by atoms with Crippen LogP contribution < -0.4 is 4.74 Å². The Labute approximate surface area is 199 Å². The van der Waals surface area contributed by atoms with Gasteiger partial charge in [-0.1, -0.05) is 0 Å².